The molecule has 8 heteroatoms. The van der Waals surface area contributed by atoms with E-state index in [1.54, 1.807) is 30.5 Å². The summed E-state index contributed by atoms with van der Waals surface area (Å²) in [5.74, 6) is -5.43. The largest absolute Gasteiger partial charge is 0.330 e. The van der Waals surface area contributed by atoms with E-state index in [9.17, 15) is 13.2 Å². The van der Waals surface area contributed by atoms with Gasteiger partial charge in [0.15, 0.2) is 0 Å². The summed E-state index contributed by atoms with van der Waals surface area (Å²) in [7, 11) is -4.28. The van der Waals surface area contributed by atoms with Crippen molar-refractivity contribution in [2.45, 2.75) is 23.8 Å². The van der Waals surface area contributed by atoms with E-state index < -0.39 is 27.8 Å². The van der Waals surface area contributed by atoms with Crippen molar-refractivity contribution in [1.82, 2.24) is 4.72 Å². The maximum Gasteiger partial charge on any atom is 0.330 e. The molecule has 1 heterocycles. The number of Topliss-reactive ketones (excluding diaryl/α,β-unsaturated/α-hetero) is 1. The molecule has 3 aromatic rings. The predicted octanol–water partition coefficient (Wildman–Crippen LogP) is 4.59. The minimum absolute atomic E-state index is 0.0463. The Labute approximate surface area is 165 Å². The molecular formula is C20H17F2NO3S2. The Morgan fingerprint density at radius 1 is 1.00 bits per heavy atom. The Bertz CT molecular complexity index is 1050. The molecule has 0 saturated heterocycles. The second kappa shape index (κ2) is 7.90. The summed E-state index contributed by atoms with van der Waals surface area (Å²) in [6, 6.07) is 13.8. The molecule has 146 valence electrons. The van der Waals surface area contributed by atoms with Gasteiger partial charge in [-0.25, -0.2) is 8.42 Å². The van der Waals surface area contributed by atoms with Gasteiger partial charge in [-0.15, -0.1) is 11.3 Å². The zero-order chi connectivity index (χ0) is 20.4. The van der Waals surface area contributed by atoms with Crippen molar-refractivity contribution in [3.05, 3.63) is 88.1 Å². The Hall–Kier alpha value is -2.42. The third-order valence-electron chi connectivity index (χ3n) is 4.13. The monoisotopic (exact) mass is 421 g/mol. The summed E-state index contributed by atoms with van der Waals surface area (Å²) in [6.07, 6.45) is 0. The van der Waals surface area contributed by atoms with E-state index in [0.717, 1.165) is 16.9 Å². The van der Waals surface area contributed by atoms with Crippen molar-refractivity contribution >= 4 is 27.1 Å². The molecule has 1 unspecified atom stereocenters. The summed E-state index contributed by atoms with van der Waals surface area (Å²) in [5, 5.41) is 1.55. The lowest BCUT2D eigenvalue weighted by Crippen LogP contribution is -2.45. The molecule has 1 N–H and O–H groups in total. The highest BCUT2D eigenvalue weighted by Crippen LogP contribution is 2.37. The number of halogens is 2. The summed E-state index contributed by atoms with van der Waals surface area (Å²) in [5.41, 5.74) is 0.641. The van der Waals surface area contributed by atoms with Gasteiger partial charge in [0.2, 0.25) is 15.8 Å². The quantitative estimate of drug-likeness (QED) is 0.568. The summed E-state index contributed by atoms with van der Waals surface area (Å²) in [4.78, 5) is 12.4. The molecule has 3 rings (SSSR count). The molecule has 2 aromatic carbocycles. The normalized spacial score (nSPS) is 13.2. The number of benzene rings is 2. The Morgan fingerprint density at radius 3 is 2.21 bits per heavy atom. The molecule has 4 nitrogen and oxygen atoms in total. The van der Waals surface area contributed by atoms with Crippen LogP contribution in [0, 0.1) is 6.92 Å². The Balaban J connectivity index is 2.00. The van der Waals surface area contributed by atoms with Gasteiger partial charge in [0.25, 0.3) is 0 Å². The van der Waals surface area contributed by atoms with Gasteiger partial charge >= 0.3 is 5.92 Å². The molecular weight excluding hydrogens is 404 g/mol. The molecule has 1 aromatic heterocycles. The average Bonchev–Trinajstić information content (AvgIpc) is 3.21. The fourth-order valence-corrected chi connectivity index (χ4v) is 4.72. The number of hydrogen-bond acceptors (Lipinski definition) is 4. The predicted molar refractivity (Wildman–Crippen MR) is 104 cm³/mol. The first kappa shape index (κ1) is 20.3. The highest BCUT2D eigenvalue weighted by Gasteiger charge is 2.50. The zero-order valence-corrected chi connectivity index (χ0v) is 16.4. The van der Waals surface area contributed by atoms with Gasteiger partial charge in [-0.05, 0) is 30.5 Å². The Kier molecular flexibility index (Phi) is 5.74. The molecule has 1 atom stereocenters. The number of hydrogen-bond donors (Lipinski definition) is 1. The molecule has 0 aliphatic carbocycles. The smallest absolute Gasteiger partial charge is 0.287 e. The number of carbonyl (C=O) groups is 1. The topological polar surface area (TPSA) is 63.2 Å². The van der Waals surface area contributed by atoms with Gasteiger partial charge in [-0.1, -0.05) is 54.1 Å². The van der Waals surface area contributed by atoms with Crippen molar-refractivity contribution < 1.29 is 22.0 Å². The van der Waals surface area contributed by atoms with Crippen LogP contribution in [0.2, 0.25) is 0 Å². The van der Waals surface area contributed by atoms with E-state index >= 15 is 8.78 Å². The van der Waals surface area contributed by atoms with Crippen LogP contribution in [0.3, 0.4) is 0 Å². The minimum Gasteiger partial charge on any atom is -0.287 e. The lowest BCUT2D eigenvalue weighted by molar-refractivity contribution is -0.0103. The molecule has 0 radical (unpaired) electrons. The van der Waals surface area contributed by atoms with Crippen LogP contribution >= 0.6 is 11.3 Å². The minimum atomic E-state index is -4.28. The molecule has 0 aliphatic heterocycles. The zero-order valence-electron chi connectivity index (χ0n) is 14.8. The molecule has 0 bridgehead atoms. The third kappa shape index (κ3) is 4.19. The van der Waals surface area contributed by atoms with E-state index in [4.69, 9.17) is 0 Å². The van der Waals surface area contributed by atoms with Gasteiger partial charge in [-0.3, -0.25) is 4.79 Å². The van der Waals surface area contributed by atoms with Crippen LogP contribution in [0.4, 0.5) is 8.78 Å². The van der Waals surface area contributed by atoms with E-state index in [2.05, 4.69) is 0 Å². The maximum absolute atomic E-state index is 15.2. The number of nitrogens with one attached hydrogen (secondary N) is 1. The highest BCUT2D eigenvalue weighted by atomic mass is 32.2. The number of thiophene rings is 1. The maximum atomic E-state index is 15.2. The second-order valence-corrected chi connectivity index (χ2v) is 8.89. The van der Waals surface area contributed by atoms with Crippen LogP contribution in [0.15, 0.2) is 77.0 Å². The number of rotatable bonds is 7. The lowest BCUT2D eigenvalue weighted by Gasteiger charge is -2.26. The van der Waals surface area contributed by atoms with Gasteiger partial charge in [0.05, 0.1) is 4.90 Å². The molecule has 0 aliphatic rings. The van der Waals surface area contributed by atoms with Crippen molar-refractivity contribution in [2.75, 3.05) is 0 Å². The number of carbonyl (C=O) groups excluding carboxylic acids is 1. The van der Waals surface area contributed by atoms with Crippen LogP contribution in [-0.2, 0) is 10.0 Å². The molecule has 0 saturated carbocycles. The molecule has 28 heavy (non-hydrogen) atoms. The van der Waals surface area contributed by atoms with E-state index in [1.165, 1.54) is 48.5 Å². The average molecular weight is 421 g/mol. The second-order valence-electron chi connectivity index (χ2n) is 6.20. The molecule has 0 spiro atoms. The molecule has 0 fully saturated rings. The van der Waals surface area contributed by atoms with Crippen LogP contribution in [0.25, 0.3) is 0 Å². The number of aryl methyl sites for hydroxylation is 1. The SMILES string of the molecule is Cc1ccc(S(=O)(=O)NC(c2cccs2)C(F)(F)C(=O)c2ccccc2)cc1. The third-order valence-corrected chi connectivity index (χ3v) is 6.51. The molecule has 0 amide bonds. The van der Waals surface area contributed by atoms with Crippen molar-refractivity contribution in [2.24, 2.45) is 0 Å². The van der Waals surface area contributed by atoms with Gasteiger partial charge in [0.1, 0.15) is 6.04 Å². The van der Waals surface area contributed by atoms with Crippen LogP contribution < -0.4 is 4.72 Å². The first-order chi connectivity index (χ1) is 13.2. The number of alkyl halides is 2. The summed E-state index contributed by atoms with van der Waals surface area (Å²) >= 11 is 0.950. The number of sulfonamides is 1. The first-order valence-electron chi connectivity index (χ1n) is 8.32. The van der Waals surface area contributed by atoms with Crippen LogP contribution in [0.5, 0.6) is 0 Å². The van der Waals surface area contributed by atoms with Crippen molar-refractivity contribution in [1.29, 1.82) is 0 Å². The van der Waals surface area contributed by atoms with Crippen molar-refractivity contribution in [3.63, 3.8) is 0 Å². The lowest BCUT2D eigenvalue weighted by atomic mass is 9.99. The van der Waals surface area contributed by atoms with Crippen LogP contribution in [0.1, 0.15) is 26.8 Å². The Morgan fingerprint density at radius 2 is 1.64 bits per heavy atom. The standard InChI is InChI=1S/C20H17F2NO3S2/c1-14-9-11-16(12-10-14)28(25,26)23-18(17-8-5-13-27-17)20(21,22)19(24)15-6-3-2-4-7-15/h2-13,18,23H,1H3. The number of ketones is 1. The first-order valence-corrected chi connectivity index (χ1v) is 10.7. The van der Waals surface area contributed by atoms with Gasteiger partial charge in [0, 0.05) is 10.4 Å². The van der Waals surface area contributed by atoms with E-state index in [-0.39, 0.29) is 15.3 Å². The van der Waals surface area contributed by atoms with Crippen LogP contribution in [-0.4, -0.2) is 20.1 Å². The van der Waals surface area contributed by atoms with Crippen molar-refractivity contribution in [3.8, 4) is 0 Å². The van der Waals surface area contributed by atoms with Gasteiger partial charge < -0.3 is 0 Å². The summed E-state index contributed by atoms with van der Waals surface area (Å²) < 4.78 is 57.8. The van der Waals surface area contributed by atoms with E-state index in [1.807, 2.05) is 4.72 Å². The van der Waals surface area contributed by atoms with E-state index in [0.29, 0.717) is 0 Å². The fourth-order valence-electron chi connectivity index (χ4n) is 2.62. The highest BCUT2D eigenvalue weighted by molar-refractivity contribution is 7.89. The summed E-state index contributed by atoms with van der Waals surface area (Å²) in [6.45, 7) is 1.78. The fraction of sp³-hybridized carbons (Fsp3) is 0.150. The van der Waals surface area contributed by atoms with Gasteiger partial charge in [-0.2, -0.15) is 13.5 Å².